The zero-order valence-electron chi connectivity index (χ0n) is 14.9. The van der Waals surface area contributed by atoms with Gasteiger partial charge in [-0.3, -0.25) is 4.79 Å². The van der Waals surface area contributed by atoms with Crippen LogP contribution in [0.15, 0.2) is 36.7 Å². The molecule has 1 saturated heterocycles. The van der Waals surface area contributed by atoms with Gasteiger partial charge in [0, 0.05) is 18.8 Å². The normalized spacial score (nSPS) is 16.8. The van der Waals surface area contributed by atoms with E-state index in [-0.39, 0.29) is 5.91 Å². The van der Waals surface area contributed by atoms with Crippen molar-refractivity contribution in [3.63, 3.8) is 0 Å². The molecule has 1 aromatic carbocycles. The topological polar surface area (TPSA) is 84.4 Å². The number of hydrogen-bond acceptors (Lipinski definition) is 6. The van der Waals surface area contributed by atoms with Crippen molar-refractivity contribution in [1.29, 1.82) is 0 Å². The number of esters is 1. The van der Waals surface area contributed by atoms with Crippen LogP contribution in [0.4, 0.5) is 11.5 Å². The molecule has 26 heavy (non-hydrogen) atoms. The summed E-state index contributed by atoms with van der Waals surface area (Å²) in [6.07, 6.45) is 5.18. The van der Waals surface area contributed by atoms with Crippen molar-refractivity contribution in [2.24, 2.45) is 5.92 Å². The number of ether oxygens (including phenoxy) is 1. The molecule has 1 aromatic heterocycles. The SMILES string of the molecule is COC(=O)c1cccc(Nc2cnc(C(=O)N3CCCC(C)C3)cn2)c1. The number of methoxy groups -OCH3 is 1. The molecule has 1 atom stereocenters. The van der Waals surface area contributed by atoms with Crippen molar-refractivity contribution in [3.8, 4) is 0 Å². The highest BCUT2D eigenvalue weighted by Crippen LogP contribution is 2.19. The summed E-state index contributed by atoms with van der Waals surface area (Å²) >= 11 is 0. The van der Waals surface area contributed by atoms with E-state index in [2.05, 4.69) is 22.2 Å². The molecule has 0 bridgehead atoms. The number of rotatable bonds is 4. The Balaban J connectivity index is 1.68. The smallest absolute Gasteiger partial charge is 0.337 e. The average molecular weight is 354 g/mol. The fourth-order valence-electron chi connectivity index (χ4n) is 3.03. The van der Waals surface area contributed by atoms with Gasteiger partial charge < -0.3 is 15.0 Å². The van der Waals surface area contributed by atoms with E-state index in [1.54, 1.807) is 18.2 Å². The fourth-order valence-corrected chi connectivity index (χ4v) is 3.03. The van der Waals surface area contributed by atoms with Crippen LogP contribution in [0.1, 0.15) is 40.6 Å². The number of carbonyl (C=O) groups is 2. The lowest BCUT2D eigenvalue weighted by Gasteiger charge is -2.30. The second kappa shape index (κ2) is 7.95. The van der Waals surface area contributed by atoms with Gasteiger partial charge in [-0.1, -0.05) is 13.0 Å². The minimum absolute atomic E-state index is 0.0803. The third-order valence-corrected chi connectivity index (χ3v) is 4.37. The Morgan fingerprint density at radius 2 is 2.12 bits per heavy atom. The fraction of sp³-hybridized carbons (Fsp3) is 0.368. The van der Waals surface area contributed by atoms with Gasteiger partial charge in [-0.2, -0.15) is 0 Å². The van der Waals surface area contributed by atoms with Gasteiger partial charge in [-0.25, -0.2) is 14.8 Å². The highest BCUT2D eigenvalue weighted by atomic mass is 16.5. The predicted molar refractivity (Wildman–Crippen MR) is 97.4 cm³/mol. The van der Waals surface area contributed by atoms with Crippen LogP contribution in [0.25, 0.3) is 0 Å². The average Bonchev–Trinajstić information content (AvgIpc) is 2.67. The Kier molecular flexibility index (Phi) is 5.46. The Bertz CT molecular complexity index is 792. The summed E-state index contributed by atoms with van der Waals surface area (Å²) in [7, 11) is 1.34. The summed E-state index contributed by atoms with van der Waals surface area (Å²) < 4.78 is 4.71. The number of piperidine rings is 1. The van der Waals surface area contributed by atoms with E-state index in [1.807, 2.05) is 11.0 Å². The zero-order valence-corrected chi connectivity index (χ0v) is 14.9. The summed E-state index contributed by atoms with van der Waals surface area (Å²) in [5, 5.41) is 3.07. The molecule has 2 heterocycles. The van der Waals surface area contributed by atoms with Gasteiger partial charge in [-0.05, 0) is 37.0 Å². The molecule has 0 aliphatic carbocycles. The number of carbonyl (C=O) groups excluding carboxylic acids is 2. The minimum atomic E-state index is -0.406. The van der Waals surface area contributed by atoms with E-state index < -0.39 is 5.97 Å². The molecule has 7 heteroatoms. The Labute approximate surface area is 152 Å². The third kappa shape index (κ3) is 4.17. The quantitative estimate of drug-likeness (QED) is 0.850. The summed E-state index contributed by atoms with van der Waals surface area (Å²) in [4.78, 5) is 34.5. The molecule has 1 N–H and O–H groups in total. The van der Waals surface area contributed by atoms with Crippen LogP contribution in [-0.4, -0.2) is 46.9 Å². The van der Waals surface area contributed by atoms with Gasteiger partial charge in [0.1, 0.15) is 11.5 Å². The Morgan fingerprint density at radius 1 is 1.27 bits per heavy atom. The molecule has 1 amide bonds. The Hall–Kier alpha value is -2.96. The predicted octanol–water partition coefficient (Wildman–Crippen LogP) is 2.88. The molecule has 0 saturated carbocycles. The van der Waals surface area contributed by atoms with E-state index in [1.165, 1.54) is 19.5 Å². The van der Waals surface area contributed by atoms with Gasteiger partial charge >= 0.3 is 5.97 Å². The summed E-state index contributed by atoms with van der Waals surface area (Å²) in [5.41, 5.74) is 1.47. The maximum Gasteiger partial charge on any atom is 0.337 e. The second-order valence-electron chi connectivity index (χ2n) is 6.48. The third-order valence-electron chi connectivity index (χ3n) is 4.37. The molecule has 0 spiro atoms. The van der Waals surface area contributed by atoms with Crippen molar-refractivity contribution in [1.82, 2.24) is 14.9 Å². The van der Waals surface area contributed by atoms with Crippen molar-refractivity contribution in [2.45, 2.75) is 19.8 Å². The second-order valence-corrected chi connectivity index (χ2v) is 6.48. The highest BCUT2D eigenvalue weighted by Gasteiger charge is 2.23. The number of amides is 1. The van der Waals surface area contributed by atoms with E-state index in [0.29, 0.717) is 28.7 Å². The molecule has 0 radical (unpaired) electrons. The number of likely N-dealkylation sites (tertiary alicyclic amines) is 1. The van der Waals surface area contributed by atoms with E-state index in [4.69, 9.17) is 4.74 Å². The number of nitrogens with zero attached hydrogens (tertiary/aromatic N) is 3. The van der Waals surface area contributed by atoms with Gasteiger partial charge in [0.15, 0.2) is 0 Å². The maximum atomic E-state index is 12.5. The van der Waals surface area contributed by atoms with Crippen molar-refractivity contribution >= 4 is 23.4 Å². The van der Waals surface area contributed by atoms with Crippen LogP contribution < -0.4 is 5.32 Å². The van der Waals surface area contributed by atoms with E-state index in [0.717, 1.165) is 25.9 Å². The van der Waals surface area contributed by atoms with Crippen LogP contribution in [-0.2, 0) is 4.74 Å². The standard InChI is InChI=1S/C19H22N4O3/c1-13-5-4-8-23(12-13)18(24)16-10-21-17(11-20-16)22-15-7-3-6-14(9-15)19(25)26-2/h3,6-7,9-11,13H,4-5,8,12H2,1-2H3,(H,21,22). The van der Waals surface area contributed by atoms with Gasteiger partial charge in [0.25, 0.3) is 5.91 Å². The first-order valence-electron chi connectivity index (χ1n) is 8.63. The van der Waals surface area contributed by atoms with Crippen molar-refractivity contribution in [3.05, 3.63) is 47.9 Å². The molecule has 2 aromatic rings. The zero-order chi connectivity index (χ0) is 18.5. The lowest BCUT2D eigenvalue weighted by atomic mass is 10.0. The monoisotopic (exact) mass is 354 g/mol. The molecule has 1 fully saturated rings. The van der Waals surface area contributed by atoms with E-state index >= 15 is 0 Å². The lowest BCUT2D eigenvalue weighted by molar-refractivity contribution is 0.0600. The molecule has 3 rings (SSSR count). The van der Waals surface area contributed by atoms with Crippen LogP contribution in [0.5, 0.6) is 0 Å². The van der Waals surface area contributed by atoms with Crippen molar-refractivity contribution < 1.29 is 14.3 Å². The first kappa shape index (κ1) is 17.8. The lowest BCUT2D eigenvalue weighted by Crippen LogP contribution is -2.39. The molecule has 136 valence electrons. The summed E-state index contributed by atoms with van der Waals surface area (Å²) in [5.74, 6) is 0.527. The van der Waals surface area contributed by atoms with Crippen LogP contribution in [0.3, 0.4) is 0 Å². The first-order chi connectivity index (χ1) is 12.6. The van der Waals surface area contributed by atoms with Crippen LogP contribution >= 0.6 is 0 Å². The largest absolute Gasteiger partial charge is 0.465 e. The molecular weight excluding hydrogens is 332 g/mol. The summed E-state index contributed by atoms with van der Waals surface area (Å²) in [6.45, 7) is 3.69. The van der Waals surface area contributed by atoms with Gasteiger partial charge in [0.2, 0.25) is 0 Å². The highest BCUT2D eigenvalue weighted by molar-refractivity contribution is 5.92. The van der Waals surface area contributed by atoms with E-state index in [9.17, 15) is 9.59 Å². The molecule has 1 aliphatic rings. The first-order valence-corrected chi connectivity index (χ1v) is 8.63. The van der Waals surface area contributed by atoms with Crippen LogP contribution in [0.2, 0.25) is 0 Å². The van der Waals surface area contributed by atoms with Gasteiger partial charge in [-0.15, -0.1) is 0 Å². The number of benzene rings is 1. The molecule has 1 aliphatic heterocycles. The molecular formula is C19H22N4O3. The summed E-state index contributed by atoms with van der Waals surface area (Å²) in [6, 6.07) is 6.89. The minimum Gasteiger partial charge on any atom is -0.465 e. The van der Waals surface area contributed by atoms with Crippen LogP contribution in [0, 0.1) is 5.92 Å². The Morgan fingerprint density at radius 3 is 2.81 bits per heavy atom. The molecule has 1 unspecified atom stereocenters. The number of aromatic nitrogens is 2. The molecule has 7 nitrogen and oxygen atoms in total. The van der Waals surface area contributed by atoms with Crippen molar-refractivity contribution in [2.75, 3.05) is 25.5 Å². The maximum absolute atomic E-state index is 12.5. The number of nitrogens with one attached hydrogen (secondary N) is 1. The number of anilines is 2. The number of hydrogen-bond donors (Lipinski definition) is 1. The van der Waals surface area contributed by atoms with Gasteiger partial charge in [0.05, 0.1) is 25.1 Å².